The van der Waals surface area contributed by atoms with E-state index in [1.807, 2.05) is 12.1 Å². The molecule has 0 aliphatic rings. The number of benzene rings is 1. The van der Waals surface area contributed by atoms with Crippen LogP contribution in [0.1, 0.15) is 15.9 Å². The predicted molar refractivity (Wildman–Crippen MR) is 67.4 cm³/mol. The second-order valence-electron chi connectivity index (χ2n) is 3.83. The Bertz CT molecular complexity index is 552. The highest BCUT2D eigenvalue weighted by Gasteiger charge is 2.15. The molecule has 2 aromatic rings. The van der Waals surface area contributed by atoms with Crippen LogP contribution in [0.2, 0.25) is 0 Å². The second kappa shape index (κ2) is 5.42. The molecule has 2 N–H and O–H groups in total. The summed E-state index contributed by atoms with van der Waals surface area (Å²) < 4.78 is 0. The molecule has 0 bridgehead atoms. The van der Waals surface area contributed by atoms with Crippen LogP contribution in [0, 0.1) is 0 Å². The van der Waals surface area contributed by atoms with Crippen molar-refractivity contribution in [2.45, 2.75) is 6.42 Å². The van der Waals surface area contributed by atoms with E-state index in [0.29, 0.717) is 17.7 Å². The van der Waals surface area contributed by atoms with Crippen LogP contribution in [0.5, 0.6) is 0 Å². The fraction of sp³-hybridized carbons (Fsp3) is 0.143. The lowest BCUT2D eigenvalue weighted by Gasteiger charge is -2.11. The molecule has 2 rings (SSSR count). The number of carboxylic acid groups (broad SMARTS) is 1. The first-order valence-corrected chi connectivity index (χ1v) is 5.61. The van der Waals surface area contributed by atoms with Crippen molar-refractivity contribution in [3.8, 4) is 11.3 Å². The van der Waals surface area contributed by atoms with E-state index in [1.54, 1.807) is 30.5 Å². The number of hydrogen-bond acceptors (Lipinski definition) is 3. The molecule has 0 saturated heterocycles. The largest absolute Gasteiger partial charge is 0.478 e. The van der Waals surface area contributed by atoms with Crippen molar-refractivity contribution < 1.29 is 15.0 Å². The topological polar surface area (TPSA) is 70.4 Å². The van der Waals surface area contributed by atoms with Crippen molar-refractivity contribution in [3.63, 3.8) is 0 Å². The first kappa shape index (κ1) is 12.3. The van der Waals surface area contributed by atoms with Crippen LogP contribution in [-0.4, -0.2) is 27.8 Å². The van der Waals surface area contributed by atoms with E-state index < -0.39 is 5.97 Å². The van der Waals surface area contributed by atoms with Gasteiger partial charge in [0.15, 0.2) is 0 Å². The summed E-state index contributed by atoms with van der Waals surface area (Å²) >= 11 is 0. The first-order chi connectivity index (χ1) is 8.74. The molecule has 0 saturated carbocycles. The summed E-state index contributed by atoms with van der Waals surface area (Å²) in [4.78, 5) is 15.5. The molecule has 1 aromatic carbocycles. The molecule has 1 heterocycles. The molecule has 0 atom stereocenters. The number of aliphatic hydroxyl groups excluding tert-OH is 1. The molecule has 0 radical (unpaired) electrons. The second-order valence-corrected chi connectivity index (χ2v) is 3.83. The van der Waals surface area contributed by atoms with Gasteiger partial charge in [0.2, 0.25) is 0 Å². The monoisotopic (exact) mass is 243 g/mol. The molecule has 0 aliphatic heterocycles. The van der Waals surface area contributed by atoms with Gasteiger partial charge < -0.3 is 10.2 Å². The van der Waals surface area contributed by atoms with Gasteiger partial charge in [-0.25, -0.2) is 4.79 Å². The zero-order valence-corrected chi connectivity index (χ0v) is 9.71. The Kier molecular flexibility index (Phi) is 3.69. The maximum absolute atomic E-state index is 11.3. The van der Waals surface area contributed by atoms with Crippen molar-refractivity contribution in [1.82, 2.24) is 4.98 Å². The van der Waals surface area contributed by atoms with Gasteiger partial charge >= 0.3 is 5.97 Å². The van der Waals surface area contributed by atoms with E-state index >= 15 is 0 Å². The average molecular weight is 243 g/mol. The van der Waals surface area contributed by atoms with Gasteiger partial charge in [-0.2, -0.15) is 0 Å². The van der Waals surface area contributed by atoms with Gasteiger partial charge in [-0.05, 0) is 30.2 Å². The molecule has 1 aromatic heterocycles. The van der Waals surface area contributed by atoms with E-state index in [0.717, 1.165) is 5.56 Å². The maximum atomic E-state index is 11.3. The number of aliphatic hydroxyl groups is 1. The summed E-state index contributed by atoms with van der Waals surface area (Å²) in [5.74, 6) is -0.990. The van der Waals surface area contributed by atoms with Crippen molar-refractivity contribution >= 4 is 5.97 Å². The third-order valence-electron chi connectivity index (χ3n) is 2.68. The van der Waals surface area contributed by atoms with Crippen molar-refractivity contribution in [1.29, 1.82) is 0 Å². The zero-order valence-electron chi connectivity index (χ0n) is 9.71. The lowest BCUT2D eigenvalue weighted by molar-refractivity contribution is 0.0697. The standard InChI is InChI=1S/C14H13NO3/c16-9-7-10-4-3-5-11(14(17)18)13(10)12-6-1-2-8-15-12/h1-6,8,16H,7,9H2,(H,17,18). The van der Waals surface area contributed by atoms with E-state index in [9.17, 15) is 9.90 Å². The van der Waals surface area contributed by atoms with Gasteiger partial charge in [0.05, 0.1) is 11.3 Å². The van der Waals surface area contributed by atoms with Crippen molar-refractivity contribution in [2.24, 2.45) is 0 Å². The lowest BCUT2D eigenvalue weighted by atomic mass is 9.96. The van der Waals surface area contributed by atoms with Crippen LogP contribution < -0.4 is 0 Å². The van der Waals surface area contributed by atoms with Crippen LogP contribution in [0.4, 0.5) is 0 Å². The number of nitrogens with zero attached hydrogens (tertiary/aromatic N) is 1. The molecule has 0 amide bonds. The van der Waals surface area contributed by atoms with Gasteiger partial charge in [0, 0.05) is 18.4 Å². The minimum absolute atomic E-state index is 0.0249. The number of carboxylic acids is 1. The van der Waals surface area contributed by atoms with Crippen LogP contribution in [0.3, 0.4) is 0 Å². The molecule has 0 aliphatic carbocycles. The molecule has 0 spiro atoms. The van der Waals surface area contributed by atoms with Gasteiger partial charge in [0.1, 0.15) is 0 Å². The van der Waals surface area contributed by atoms with E-state index in [-0.39, 0.29) is 12.2 Å². The molecule has 0 unspecified atom stereocenters. The number of hydrogen-bond donors (Lipinski definition) is 2. The highest BCUT2D eigenvalue weighted by atomic mass is 16.4. The summed E-state index contributed by atoms with van der Waals surface area (Å²) in [6.45, 7) is -0.0249. The van der Waals surface area contributed by atoms with Gasteiger partial charge in [-0.1, -0.05) is 18.2 Å². The summed E-state index contributed by atoms with van der Waals surface area (Å²) in [7, 11) is 0. The summed E-state index contributed by atoms with van der Waals surface area (Å²) in [6.07, 6.45) is 2.03. The van der Waals surface area contributed by atoms with Gasteiger partial charge in [-0.15, -0.1) is 0 Å². The SMILES string of the molecule is O=C(O)c1cccc(CCO)c1-c1ccccn1. The number of carbonyl (C=O) groups is 1. The van der Waals surface area contributed by atoms with E-state index in [1.165, 1.54) is 0 Å². The minimum atomic E-state index is -0.990. The third-order valence-corrected chi connectivity index (χ3v) is 2.68. The fourth-order valence-electron chi connectivity index (χ4n) is 1.92. The van der Waals surface area contributed by atoms with Crippen molar-refractivity contribution in [3.05, 3.63) is 53.7 Å². The fourth-order valence-corrected chi connectivity index (χ4v) is 1.92. The molecule has 18 heavy (non-hydrogen) atoms. The number of aromatic nitrogens is 1. The van der Waals surface area contributed by atoms with E-state index in [2.05, 4.69) is 4.98 Å². The normalized spacial score (nSPS) is 10.3. The number of aromatic carboxylic acids is 1. The predicted octanol–water partition coefficient (Wildman–Crippen LogP) is 1.98. The Morgan fingerprint density at radius 2 is 2.00 bits per heavy atom. The smallest absolute Gasteiger partial charge is 0.336 e. The highest BCUT2D eigenvalue weighted by molar-refractivity contribution is 5.96. The number of pyridine rings is 1. The lowest BCUT2D eigenvalue weighted by Crippen LogP contribution is -2.04. The number of rotatable bonds is 4. The first-order valence-electron chi connectivity index (χ1n) is 5.61. The summed E-state index contributed by atoms with van der Waals surface area (Å²) in [5, 5.41) is 18.3. The van der Waals surface area contributed by atoms with Crippen LogP contribution >= 0.6 is 0 Å². The molecular formula is C14H13NO3. The highest BCUT2D eigenvalue weighted by Crippen LogP contribution is 2.26. The minimum Gasteiger partial charge on any atom is -0.478 e. The van der Waals surface area contributed by atoms with Crippen LogP contribution in [0.25, 0.3) is 11.3 Å². The van der Waals surface area contributed by atoms with Gasteiger partial charge in [-0.3, -0.25) is 4.98 Å². The Balaban J connectivity index is 2.64. The Hall–Kier alpha value is -2.20. The molecule has 4 heteroatoms. The third kappa shape index (κ3) is 2.38. The molecule has 4 nitrogen and oxygen atoms in total. The van der Waals surface area contributed by atoms with Crippen LogP contribution in [-0.2, 0) is 6.42 Å². The molecule has 92 valence electrons. The van der Waals surface area contributed by atoms with E-state index in [4.69, 9.17) is 5.11 Å². The summed E-state index contributed by atoms with van der Waals surface area (Å²) in [6, 6.07) is 10.4. The molecule has 0 fully saturated rings. The van der Waals surface area contributed by atoms with Crippen molar-refractivity contribution in [2.75, 3.05) is 6.61 Å². The Morgan fingerprint density at radius 1 is 1.17 bits per heavy atom. The zero-order chi connectivity index (χ0) is 13.0. The Morgan fingerprint density at radius 3 is 2.61 bits per heavy atom. The maximum Gasteiger partial charge on any atom is 0.336 e. The van der Waals surface area contributed by atoms with Crippen LogP contribution in [0.15, 0.2) is 42.6 Å². The van der Waals surface area contributed by atoms with Gasteiger partial charge in [0.25, 0.3) is 0 Å². The quantitative estimate of drug-likeness (QED) is 0.861. The molecular weight excluding hydrogens is 230 g/mol. The average Bonchev–Trinajstić information content (AvgIpc) is 2.40. The Labute approximate surface area is 105 Å². The summed E-state index contributed by atoms with van der Waals surface area (Å²) in [5.41, 5.74) is 2.19.